The first-order valence-electron chi connectivity index (χ1n) is 7.63. The topological polar surface area (TPSA) is 48.9 Å². The molecule has 0 bridgehead atoms. The molecule has 0 saturated carbocycles. The van der Waals surface area contributed by atoms with Crippen molar-refractivity contribution in [2.45, 2.75) is 44.8 Å². The molecule has 2 aliphatic rings. The van der Waals surface area contributed by atoms with E-state index in [0.29, 0.717) is 12.1 Å². The molecule has 2 N–H and O–H groups in total. The quantitative estimate of drug-likeness (QED) is 0.320. The van der Waals surface area contributed by atoms with Crippen molar-refractivity contribution in [3.63, 3.8) is 0 Å². The fourth-order valence-corrected chi connectivity index (χ4v) is 2.82. The molecule has 0 aromatic carbocycles. The number of rotatable bonds is 5. The third kappa shape index (κ3) is 5.37. The van der Waals surface area contributed by atoms with E-state index < -0.39 is 0 Å². The van der Waals surface area contributed by atoms with Gasteiger partial charge in [-0.3, -0.25) is 9.89 Å². The Hall–Kier alpha value is -0.0800. The predicted molar refractivity (Wildman–Crippen MR) is 94.0 cm³/mol. The molecule has 6 heteroatoms. The number of unbranched alkanes of at least 4 members (excludes halogenated alkanes) is 1. The van der Waals surface area contributed by atoms with Gasteiger partial charge < -0.3 is 15.4 Å². The smallest absolute Gasteiger partial charge is 0.191 e. The summed E-state index contributed by atoms with van der Waals surface area (Å²) in [6.45, 7) is 7.22. The van der Waals surface area contributed by atoms with Gasteiger partial charge in [0.1, 0.15) is 0 Å². The lowest BCUT2D eigenvalue weighted by Gasteiger charge is -2.35. The zero-order valence-corrected chi connectivity index (χ0v) is 15.1. The van der Waals surface area contributed by atoms with Gasteiger partial charge in [0.25, 0.3) is 0 Å². The number of guanidine groups is 1. The molecule has 2 atom stereocenters. The first-order chi connectivity index (χ1) is 9.33. The maximum absolute atomic E-state index is 5.93. The van der Waals surface area contributed by atoms with Crippen molar-refractivity contribution >= 4 is 29.9 Å². The first kappa shape index (κ1) is 18.0. The maximum atomic E-state index is 5.93. The molecular formula is C14H29IN4O. The van der Waals surface area contributed by atoms with Crippen LogP contribution in [-0.2, 0) is 4.74 Å². The first-order valence-corrected chi connectivity index (χ1v) is 7.63. The largest absolute Gasteiger partial charge is 0.373 e. The number of hydrogen-bond acceptors (Lipinski definition) is 3. The van der Waals surface area contributed by atoms with Gasteiger partial charge in [-0.15, -0.1) is 24.0 Å². The van der Waals surface area contributed by atoms with Crippen LogP contribution in [0.15, 0.2) is 4.99 Å². The zero-order valence-electron chi connectivity index (χ0n) is 12.7. The Bertz CT molecular complexity index is 301. The number of aliphatic imine (C=N–C) groups is 1. The molecule has 0 spiro atoms. The molecule has 2 rings (SSSR count). The molecule has 2 saturated heterocycles. The summed E-state index contributed by atoms with van der Waals surface area (Å²) < 4.78 is 5.93. The molecule has 2 fully saturated rings. The number of morpholine rings is 1. The summed E-state index contributed by atoms with van der Waals surface area (Å²) in [5.41, 5.74) is 0. The summed E-state index contributed by atoms with van der Waals surface area (Å²) in [6, 6.07) is 0.679. The molecule has 0 radical (unpaired) electrons. The minimum atomic E-state index is 0. The second kappa shape index (κ2) is 9.78. The van der Waals surface area contributed by atoms with Crippen LogP contribution in [0.1, 0.15) is 32.6 Å². The summed E-state index contributed by atoms with van der Waals surface area (Å²) in [4.78, 5) is 6.81. The zero-order chi connectivity index (χ0) is 13.5. The van der Waals surface area contributed by atoms with Gasteiger partial charge in [-0.25, -0.2) is 0 Å². The van der Waals surface area contributed by atoms with Crippen molar-refractivity contribution in [1.82, 2.24) is 15.5 Å². The summed E-state index contributed by atoms with van der Waals surface area (Å²) in [5, 5.41) is 6.69. The predicted octanol–water partition coefficient (Wildman–Crippen LogP) is 1.43. The van der Waals surface area contributed by atoms with Gasteiger partial charge in [-0.05, 0) is 25.8 Å². The standard InChI is InChI=1S/C14H28N4O.HI/c1-3-4-7-16-14(15-2)17-9-13-10-18-8-5-6-12(18)11-19-13;/h12-13H,3-11H2,1-2H3,(H2,15,16,17);1H. The lowest BCUT2D eigenvalue weighted by molar-refractivity contribution is -0.0453. The van der Waals surface area contributed by atoms with Crippen LogP contribution in [0.25, 0.3) is 0 Å². The highest BCUT2D eigenvalue weighted by molar-refractivity contribution is 14.0. The second-order valence-corrected chi connectivity index (χ2v) is 5.48. The number of nitrogens with one attached hydrogen (secondary N) is 2. The molecule has 0 aromatic heterocycles. The van der Waals surface area contributed by atoms with Crippen LogP contribution < -0.4 is 10.6 Å². The number of ether oxygens (including phenoxy) is 1. The number of hydrogen-bond donors (Lipinski definition) is 2. The van der Waals surface area contributed by atoms with Crippen LogP contribution >= 0.6 is 24.0 Å². The summed E-state index contributed by atoms with van der Waals surface area (Å²) in [5.74, 6) is 0.889. The van der Waals surface area contributed by atoms with Crippen LogP contribution in [0.4, 0.5) is 0 Å². The van der Waals surface area contributed by atoms with Crippen LogP contribution in [0.5, 0.6) is 0 Å². The van der Waals surface area contributed by atoms with E-state index in [0.717, 1.165) is 32.2 Å². The highest BCUT2D eigenvalue weighted by Crippen LogP contribution is 2.22. The summed E-state index contributed by atoms with van der Waals surface area (Å²) in [7, 11) is 1.82. The average molecular weight is 396 g/mol. The maximum Gasteiger partial charge on any atom is 0.191 e. The van der Waals surface area contributed by atoms with Crippen molar-refractivity contribution in [1.29, 1.82) is 0 Å². The summed E-state index contributed by atoms with van der Waals surface area (Å²) >= 11 is 0. The van der Waals surface area contributed by atoms with Gasteiger partial charge in [0.2, 0.25) is 0 Å². The molecule has 2 heterocycles. The van der Waals surface area contributed by atoms with E-state index >= 15 is 0 Å². The van der Waals surface area contributed by atoms with E-state index in [1.165, 1.54) is 32.2 Å². The Balaban J connectivity index is 0.00000200. The van der Waals surface area contributed by atoms with Gasteiger partial charge in [0.05, 0.1) is 12.7 Å². The second-order valence-electron chi connectivity index (χ2n) is 5.48. The van der Waals surface area contributed by atoms with E-state index in [4.69, 9.17) is 4.74 Å². The molecular weight excluding hydrogens is 367 g/mol. The number of halogens is 1. The molecule has 5 nitrogen and oxygen atoms in total. The van der Waals surface area contributed by atoms with Crippen molar-refractivity contribution in [2.75, 3.05) is 39.8 Å². The number of nitrogens with zero attached hydrogens (tertiary/aromatic N) is 2. The minimum Gasteiger partial charge on any atom is -0.373 e. The monoisotopic (exact) mass is 396 g/mol. The Labute approximate surface area is 139 Å². The molecule has 0 aromatic rings. The van der Waals surface area contributed by atoms with Gasteiger partial charge >= 0.3 is 0 Å². The Morgan fingerprint density at radius 1 is 1.40 bits per heavy atom. The van der Waals surface area contributed by atoms with Crippen LogP contribution in [0.2, 0.25) is 0 Å². The Morgan fingerprint density at radius 2 is 2.25 bits per heavy atom. The summed E-state index contributed by atoms with van der Waals surface area (Å²) in [6.07, 6.45) is 5.30. The Morgan fingerprint density at radius 3 is 3.00 bits per heavy atom. The minimum absolute atomic E-state index is 0. The molecule has 2 aliphatic heterocycles. The van der Waals surface area contributed by atoms with Gasteiger partial charge in [-0.2, -0.15) is 0 Å². The van der Waals surface area contributed by atoms with Crippen LogP contribution in [-0.4, -0.2) is 62.8 Å². The van der Waals surface area contributed by atoms with Crippen LogP contribution in [0, 0.1) is 0 Å². The Kier molecular flexibility index (Phi) is 8.79. The van der Waals surface area contributed by atoms with Crippen molar-refractivity contribution in [2.24, 2.45) is 4.99 Å². The van der Waals surface area contributed by atoms with Gasteiger partial charge in [0, 0.05) is 32.7 Å². The van der Waals surface area contributed by atoms with Crippen molar-refractivity contribution in [3.05, 3.63) is 0 Å². The van der Waals surface area contributed by atoms with Crippen molar-refractivity contribution in [3.8, 4) is 0 Å². The van der Waals surface area contributed by atoms with E-state index in [-0.39, 0.29) is 24.0 Å². The fourth-order valence-electron chi connectivity index (χ4n) is 2.82. The molecule has 0 aliphatic carbocycles. The van der Waals surface area contributed by atoms with E-state index in [1.807, 2.05) is 7.05 Å². The molecule has 118 valence electrons. The lowest BCUT2D eigenvalue weighted by atomic mass is 10.2. The normalized spacial score (nSPS) is 26.8. The van der Waals surface area contributed by atoms with E-state index in [2.05, 4.69) is 27.4 Å². The lowest BCUT2D eigenvalue weighted by Crippen LogP contribution is -2.51. The van der Waals surface area contributed by atoms with Crippen LogP contribution in [0.3, 0.4) is 0 Å². The van der Waals surface area contributed by atoms with E-state index in [1.54, 1.807) is 0 Å². The highest BCUT2D eigenvalue weighted by Gasteiger charge is 2.31. The highest BCUT2D eigenvalue weighted by atomic mass is 127. The van der Waals surface area contributed by atoms with Crippen molar-refractivity contribution < 1.29 is 4.74 Å². The molecule has 2 unspecified atom stereocenters. The van der Waals surface area contributed by atoms with Gasteiger partial charge in [0.15, 0.2) is 5.96 Å². The molecule has 20 heavy (non-hydrogen) atoms. The third-order valence-electron chi connectivity index (χ3n) is 4.01. The fraction of sp³-hybridized carbons (Fsp3) is 0.929. The van der Waals surface area contributed by atoms with E-state index in [9.17, 15) is 0 Å². The molecule has 0 amide bonds. The van der Waals surface area contributed by atoms with Gasteiger partial charge in [-0.1, -0.05) is 13.3 Å². The SMILES string of the molecule is CCCCNC(=NC)NCC1CN2CCCC2CO1.I. The average Bonchev–Trinajstić information content (AvgIpc) is 2.90. The third-order valence-corrected chi connectivity index (χ3v) is 4.01. The number of fused-ring (bicyclic) bond motifs is 1.